The first-order valence-corrected chi connectivity index (χ1v) is 6.17. The number of nitrogens with one attached hydrogen (secondary N) is 1. The van der Waals surface area contributed by atoms with Gasteiger partial charge in [-0.1, -0.05) is 22.4 Å². The minimum absolute atomic E-state index is 0.176. The zero-order chi connectivity index (χ0) is 11.3. The molecule has 3 atom stereocenters. The summed E-state index contributed by atoms with van der Waals surface area (Å²) in [5, 5.41) is 12.7. The number of halogens is 1. The van der Waals surface area contributed by atoms with Gasteiger partial charge in [-0.05, 0) is 18.8 Å². The summed E-state index contributed by atoms with van der Waals surface area (Å²) in [6.07, 6.45) is 2.90. The molecule has 3 unspecified atom stereocenters. The molecule has 0 heterocycles. The van der Waals surface area contributed by atoms with E-state index in [-0.39, 0.29) is 16.9 Å². The molecule has 0 bridgehead atoms. The van der Waals surface area contributed by atoms with E-state index in [4.69, 9.17) is 0 Å². The molecule has 88 valence electrons. The third kappa shape index (κ3) is 4.09. The number of alkyl halides is 1. The fourth-order valence-electron chi connectivity index (χ4n) is 1.86. The van der Waals surface area contributed by atoms with E-state index in [2.05, 4.69) is 26.0 Å². The molecule has 1 fully saturated rings. The van der Waals surface area contributed by atoms with E-state index in [0.29, 0.717) is 12.5 Å². The average molecular weight is 280 g/mol. The first-order chi connectivity index (χ1) is 7.15. The summed E-state index contributed by atoms with van der Waals surface area (Å²) in [4.78, 5) is 10.7. The SMILES string of the molecule is COC(=O)C(Br)CNCC1CCCC1O. The van der Waals surface area contributed by atoms with Crippen molar-refractivity contribution in [2.24, 2.45) is 5.92 Å². The average Bonchev–Trinajstić information content (AvgIpc) is 2.63. The molecule has 4 nitrogen and oxygen atoms in total. The number of ether oxygens (including phenoxy) is 1. The zero-order valence-corrected chi connectivity index (χ0v) is 10.5. The van der Waals surface area contributed by atoms with Crippen LogP contribution in [-0.4, -0.2) is 42.2 Å². The van der Waals surface area contributed by atoms with Gasteiger partial charge in [0, 0.05) is 13.1 Å². The van der Waals surface area contributed by atoms with E-state index in [9.17, 15) is 9.90 Å². The van der Waals surface area contributed by atoms with Crippen molar-refractivity contribution in [1.29, 1.82) is 0 Å². The Balaban J connectivity index is 2.13. The number of aliphatic hydroxyl groups excluding tert-OH is 1. The molecule has 5 heteroatoms. The van der Waals surface area contributed by atoms with E-state index in [1.54, 1.807) is 0 Å². The van der Waals surface area contributed by atoms with E-state index in [1.807, 2.05) is 0 Å². The van der Waals surface area contributed by atoms with Crippen LogP contribution in [0.4, 0.5) is 0 Å². The van der Waals surface area contributed by atoms with Crippen molar-refractivity contribution >= 4 is 21.9 Å². The standard InChI is InChI=1S/C10H18BrNO3/c1-15-10(14)8(11)6-12-5-7-3-2-4-9(7)13/h7-9,12-13H,2-6H2,1H3. The molecule has 1 aliphatic rings. The third-order valence-corrected chi connectivity index (χ3v) is 3.50. The highest BCUT2D eigenvalue weighted by molar-refractivity contribution is 9.10. The first kappa shape index (κ1) is 12.9. The van der Waals surface area contributed by atoms with E-state index in [0.717, 1.165) is 25.8 Å². The van der Waals surface area contributed by atoms with Crippen LogP contribution in [0.2, 0.25) is 0 Å². The second-order valence-corrected chi connectivity index (χ2v) is 5.01. The van der Waals surface area contributed by atoms with Gasteiger partial charge in [0.15, 0.2) is 0 Å². The van der Waals surface area contributed by atoms with Crippen LogP contribution in [0.1, 0.15) is 19.3 Å². The molecule has 2 N–H and O–H groups in total. The number of aliphatic hydroxyl groups is 1. The minimum atomic E-state index is -0.305. The molecular formula is C10H18BrNO3. The Morgan fingerprint density at radius 3 is 2.93 bits per heavy atom. The smallest absolute Gasteiger partial charge is 0.320 e. The largest absolute Gasteiger partial charge is 0.468 e. The maximum atomic E-state index is 11.0. The Kier molecular flexibility index (Phi) is 5.56. The lowest BCUT2D eigenvalue weighted by Gasteiger charge is -2.16. The van der Waals surface area contributed by atoms with Gasteiger partial charge in [-0.3, -0.25) is 4.79 Å². The number of carbonyl (C=O) groups excluding carboxylic acids is 1. The van der Waals surface area contributed by atoms with Gasteiger partial charge >= 0.3 is 5.97 Å². The number of hydrogen-bond acceptors (Lipinski definition) is 4. The summed E-state index contributed by atoms with van der Waals surface area (Å²) >= 11 is 3.23. The second kappa shape index (κ2) is 6.45. The number of esters is 1. The van der Waals surface area contributed by atoms with Gasteiger partial charge in [-0.2, -0.15) is 0 Å². The molecule has 15 heavy (non-hydrogen) atoms. The third-order valence-electron chi connectivity index (χ3n) is 2.81. The van der Waals surface area contributed by atoms with Crippen molar-refractivity contribution in [2.45, 2.75) is 30.2 Å². The molecular weight excluding hydrogens is 262 g/mol. The van der Waals surface area contributed by atoms with Crippen LogP contribution in [0.25, 0.3) is 0 Å². The molecule has 1 rings (SSSR count). The molecule has 0 aromatic rings. The summed E-state index contributed by atoms with van der Waals surface area (Å²) in [6.45, 7) is 1.30. The van der Waals surface area contributed by atoms with Crippen LogP contribution < -0.4 is 5.32 Å². The Hall–Kier alpha value is -0.130. The molecule has 0 amide bonds. The molecule has 0 saturated heterocycles. The van der Waals surface area contributed by atoms with E-state index in [1.165, 1.54) is 7.11 Å². The number of hydrogen-bond donors (Lipinski definition) is 2. The van der Waals surface area contributed by atoms with Crippen LogP contribution in [0.3, 0.4) is 0 Å². The Bertz CT molecular complexity index is 213. The van der Waals surface area contributed by atoms with Gasteiger partial charge < -0.3 is 15.2 Å². The molecule has 0 aliphatic heterocycles. The van der Waals surface area contributed by atoms with Crippen molar-refractivity contribution in [3.05, 3.63) is 0 Å². The van der Waals surface area contributed by atoms with Gasteiger partial charge in [-0.25, -0.2) is 0 Å². The van der Waals surface area contributed by atoms with Crippen LogP contribution in [0.5, 0.6) is 0 Å². The van der Waals surface area contributed by atoms with Gasteiger partial charge in [-0.15, -0.1) is 0 Å². The maximum absolute atomic E-state index is 11.0. The fraction of sp³-hybridized carbons (Fsp3) is 0.900. The van der Waals surface area contributed by atoms with Gasteiger partial charge in [0.2, 0.25) is 0 Å². The molecule has 0 radical (unpaired) electrons. The highest BCUT2D eigenvalue weighted by Crippen LogP contribution is 2.24. The van der Waals surface area contributed by atoms with Gasteiger partial charge in [0.05, 0.1) is 13.2 Å². The van der Waals surface area contributed by atoms with Crippen molar-refractivity contribution in [2.75, 3.05) is 20.2 Å². The van der Waals surface area contributed by atoms with Crippen LogP contribution in [-0.2, 0) is 9.53 Å². The van der Waals surface area contributed by atoms with Crippen molar-refractivity contribution in [3.63, 3.8) is 0 Å². The Morgan fingerprint density at radius 2 is 2.40 bits per heavy atom. The number of carbonyl (C=O) groups is 1. The minimum Gasteiger partial charge on any atom is -0.468 e. The van der Waals surface area contributed by atoms with Crippen LogP contribution in [0, 0.1) is 5.92 Å². The van der Waals surface area contributed by atoms with E-state index < -0.39 is 0 Å². The zero-order valence-electron chi connectivity index (χ0n) is 8.91. The molecule has 0 aromatic heterocycles. The second-order valence-electron chi connectivity index (χ2n) is 3.91. The fourth-order valence-corrected chi connectivity index (χ4v) is 2.28. The molecule has 0 aromatic carbocycles. The molecule has 1 saturated carbocycles. The number of rotatable bonds is 5. The summed E-state index contributed by atoms with van der Waals surface area (Å²) in [7, 11) is 1.37. The van der Waals surface area contributed by atoms with Gasteiger partial charge in [0.1, 0.15) is 4.83 Å². The van der Waals surface area contributed by atoms with Crippen molar-refractivity contribution in [3.8, 4) is 0 Å². The van der Waals surface area contributed by atoms with E-state index >= 15 is 0 Å². The molecule has 0 spiro atoms. The Labute approximate surface area is 98.5 Å². The quantitative estimate of drug-likeness (QED) is 0.574. The van der Waals surface area contributed by atoms with Crippen LogP contribution >= 0.6 is 15.9 Å². The highest BCUT2D eigenvalue weighted by Gasteiger charge is 2.25. The summed E-state index contributed by atoms with van der Waals surface area (Å²) in [6, 6.07) is 0. The lowest BCUT2D eigenvalue weighted by Crippen LogP contribution is -2.34. The first-order valence-electron chi connectivity index (χ1n) is 5.26. The summed E-state index contributed by atoms with van der Waals surface area (Å²) in [5.74, 6) is 0.0665. The Morgan fingerprint density at radius 1 is 1.67 bits per heavy atom. The van der Waals surface area contributed by atoms with Gasteiger partial charge in [0.25, 0.3) is 0 Å². The normalized spacial score (nSPS) is 27.7. The lowest BCUT2D eigenvalue weighted by atomic mass is 10.1. The summed E-state index contributed by atoms with van der Waals surface area (Å²) < 4.78 is 4.58. The maximum Gasteiger partial charge on any atom is 0.320 e. The molecule has 1 aliphatic carbocycles. The lowest BCUT2D eigenvalue weighted by molar-refractivity contribution is -0.139. The number of methoxy groups -OCH3 is 1. The highest BCUT2D eigenvalue weighted by atomic mass is 79.9. The summed E-state index contributed by atoms with van der Waals surface area (Å²) in [5.41, 5.74) is 0. The monoisotopic (exact) mass is 279 g/mol. The van der Waals surface area contributed by atoms with Crippen molar-refractivity contribution < 1.29 is 14.6 Å². The van der Waals surface area contributed by atoms with Crippen molar-refractivity contribution in [1.82, 2.24) is 5.32 Å². The topological polar surface area (TPSA) is 58.6 Å². The predicted molar refractivity (Wildman–Crippen MR) is 60.9 cm³/mol. The van der Waals surface area contributed by atoms with Crippen LogP contribution in [0.15, 0.2) is 0 Å². The predicted octanol–water partition coefficient (Wildman–Crippen LogP) is 0.673.